The average molecular weight is 204 g/mol. The Kier molecular flexibility index (Phi) is 4.52. The van der Waals surface area contributed by atoms with Gasteiger partial charge in [0.1, 0.15) is 6.04 Å². The number of nitrogens with one attached hydrogen (secondary N) is 2. The van der Waals surface area contributed by atoms with Crippen molar-refractivity contribution >= 4 is 11.9 Å². The summed E-state index contributed by atoms with van der Waals surface area (Å²) in [5.74, 6) is -1.73. The van der Waals surface area contributed by atoms with Gasteiger partial charge in [-0.15, -0.1) is 0 Å². The molecule has 82 valence electrons. The summed E-state index contributed by atoms with van der Waals surface area (Å²) >= 11 is 0. The van der Waals surface area contributed by atoms with Gasteiger partial charge >= 0.3 is 5.97 Å². The minimum atomic E-state index is -1.26. The Labute approximate surface area is 82.3 Å². The molecule has 0 heterocycles. The predicted molar refractivity (Wildman–Crippen MR) is 49.8 cm³/mol. The van der Waals surface area contributed by atoms with Crippen molar-refractivity contribution in [2.75, 3.05) is 13.7 Å². The van der Waals surface area contributed by atoms with Gasteiger partial charge in [0.25, 0.3) is 0 Å². The molecule has 1 atom stereocenters. The molecular formula is C8H16N2O4. The summed E-state index contributed by atoms with van der Waals surface area (Å²) in [6, 6.07) is -1.25. The Morgan fingerprint density at radius 1 is 1.43 bits per heavy atom. The van der Waals surface area contributed by atoms with E-state index in [1.165, 1.54) is 0 Å². The number of aliphatic hydroxyl groups is 1. The van der Waals surface area contributed by atoms with Gasteiger partial charge in [-0.25, -0.2) is 4.79 Å². The predicted octanol–water partition coefficient (Wildman–Crippen LogP) is -1.45. The third kappa shape index (κ3) is 3.31. The van der Waals surface area contributed by atoms with Crippen molar-refractivity contribution in [3.8, 4) is 0 Å². The molecule has 0 aromatic heterocycles. The van der Waals surface area contributed by atoms with E-state index in [0.29, 0.717) is 0 Å². The van der Waals surface area contributed by atoms with E-state index in [4.69, 9.17) is 10.2 Å². The molecule has 0 radical (unpaired) electrons. The number of aliphatic carboxylic acids is 1. The van der Waals surface area contributed by atoms with Gasteiger partial charge in [0.05, 0.1) is 12.1 Å². The van der Waals surface area contributed by atoms with Crippen LogP contribution < -0.4 is 10.6 Å². The molecule has 0 spiro atoms. The lowest BCUT2D eigenvalue weighted by Gasteiger charge is -2.24. The number of hydrogen-bond acceptors (Lipinski definition) is 4. The lowest BCUT2D eigenvalue weighted by Crippen LogP contribution is -2.56. The normalized spacial score (nSPS) is 13.4. The summed E-state index contributed by atoms with van der Waals surface area (Å²) < 4.78 is 0. The first-order valence-electron chi connectivity index (χ1n) is 4.18. The maximum absolute atomic E-state index is 11.4. The van der Waals surface area contributed by atoms with Crippen molar-refractivity contribution in [3.63, 3.8) is 0 Å². The molecule has 0 rings (SSSR count). The minimum absolute atomic E-state index is 0.471. The molecule has 0 saturated carbocycles. The highest BCUT2D eigenvalue weighted by molar-refractivity contribution is 5.89. The van der Waals surface area contributed by atoms with Crippen LogP contribution in [0.5, 0.6) is 0 Å². The fourth-order valence-electron chi connectivity index (χ4n) is 0.638. The van der Waals surface area contributed by atoms with Crippen LogP contribution in [0.3, 0.4) is 0 Å². The molecule has 6 nitrogen and oxygen atoms in total. The minimum Gasteiger partial charge on any atom is -0.480 e. The van der Waals surface area contributed by atoms with Crippen LogP contribution in [0.1, 0.15) is 13.8 Å². The molecular weight excluding hydrogens is 188 g/mol. The van der Waals surface area contributed by atoms with E-state index >= 15 is 0 Å². The van der Waals surface area contributed by atoms with E-state index in [0.717, 1.165) is 0 Å². The van der Waals surface area contributed by atoms with Gasteiger partial charge < -0.3 is 20.8 Å². The summed E-state index contributed by atoms with van der Waals surface area (Å²) in [4.78, 5) is 21.9. The van der Waals surface area contributed by atoms with Crippen molar-refractivity contribution in [1.82, 2.24) is 10.6 Å². The van der Waals surface area contributed by atoms with Gasteiger partial charge in [-0.05, 0) is 20.9 Å². The van der Waals surface area contributed by atoms with Crippen LogP contribution in [-0.4, -0.2) is 47.3 Å². The Morgan fingerprint density at radius 3 is 2.21 bits per heavy atom. The van der Waals surface area contributed by atoms with Crippen LogP contribution in [0, 0.1) is 0 Å². The van der Waals surface area contributed by atoms with Crippen LogP contribution in [0.2, 0.25) is 0 Å². The van der Waals surface area contributed by atoms with Crippen molar-refractivity contribution in [1.29, 1.82) is 0 Å². The van der Waals surface area contributed by atoms with Crippen molar-refractivity contribution in [2.45, 2.75) is 25.4 Å². The summed E-state index contributed by atoms with van der Waals surface area (Å²) in [7, 11) is 1.59. The monoisotopic (exact) mass is 204 g/mol. The molecule has 0 aliphatic rings. The number of amides is 1. The molecule has 0 bridgehead atoms. The first kappa shape index (κ1) is 12.9. The fourth-order valence-corrected chi connectivity index (χ4v) is 0.638. The molecule has 1 amide bonds. The maximum atomic E-state index is 11.4. The Balaban J connectivity index is 4.37. The van der Waals surface area contributed by atoms with Crippen LogP contribution in [0.25, 0.3) is 0 Å². The Bertz CT molecular complexity index is 227. The van der Waals surface area contributed by atoms with E-state index < -0.39 is 30.1 Å². The maximum Gasteiger partial charge on any atom is 0.328 e. The lowest BCUT2D eigenvalue weighted by molar-refractivity contribution is -0.143. The van der Waals surface area contributed by atoms with Crippen LogP contribution in [-0.2, 0) is 9.59 Å². The number of aliphatic hydroxyl groups excluding tert-OH is 1. The van der Waals surface area contributed by atoms with Crippen molar-refractivity contribution < 1.29 is 19.8 Å². The van der Waals surface area contributed by atoms with E-state index in [1.54, 1.807) is 20.9 Å². The summed E-state index contributed by atoms with van der Waals surface area (Å²) in [6.45, 7) is 2.60. The van der Waals surface area contributed by atoms with Crippen LogP contribution in [0.15, 0.2) is 0 Å². The molecule has 0 saturated heterocycles. The number of rotatable bonds is 5. The Hall–Kier alpha value is -1.14. The molecule has 4 N–H and O–H groups in total. The first-order chi connectivity index (χ1) is 6.35. The second-order valence-corrected chi connectivity index (χ2v) is 3.42. The molecule has 14 heavy (non-hydrogen) atoms. The number of likely N-dealkylation sites (N-methyl/N-ethyl adjacent to an activating group) is 1. The highest BCUT2D eigenvalue weighted by Gasteiger charge is 2.29. The van der Waals surface area contributed by atoms with Crippen LogP contribution >= 0.6 is 0 Å². The van der Waals surface area contributed by atoms with E-state index in [1.807, 2.05) is 0 Å². The molecule has 0 unspecified atom stereocenters. The molecule has 0 aliphatic heterocycles. The number of carboxylic acids is 1. The standard InChI is InChI=1S/C8H16N2O4/c1-8(2,9-3)7(14)10-5(4-11)6(12)13/h5,9,11H,4H2,1-3H3,(H,10,14)(H,12,13)/t5-/m1/s1. The molecule has 0 aromatic rings. The zero-order valence-electron chi connectivity index (χ0n) is 8.50. The van der Waals surface area contributed by atoms with E-state index in [2.05, 4.69) is 10.6 Å². The molecule has 0 aliphatic carbocycles. The quantitative estimate of drug-likeness (QED) is 0.439. The van der Waals surface area contributed by atoms with Gasteiger partial charge in [0.2, 0.25) is 5.91 Å². The summed E-state index contributed by atoms with van der Waals surface area (Å²) in [5.41, 5.74) is -0.858. The van der Waals surface area contributed by atoms with E-state index in [9.17, 15) is 9.59 Å². The number of carbonyl (C=O) groups excluding carboxylic acids is 1. The lowest BCUT2D eigenvalue weighted by atomic mass is 10.0. The SMILES string of the molecule is CNC(C)(C)C(=O)N[C@H](CO)C(=O)O. The van der Waals surface area contributed by atoms with Gasteiger partial charge in [-0.3, -0.25) is 4.79 Å². The fraction of sp³-hybridized carbons (Fsp3) is 0.750. The number of carboxylic acid groups (broad SMARTS) is 1. The number of carbonyl (C=O) groups is 2. The third-order valence-electron chi connectivity index (χ3n) is 1.98. The van der Waals surface area contributed by atoms with Crippen LogP contribution in [0.4, 0.5) is 0 Å². The highest BCUT2D eigenvalue weighted by Crippen LogP contribution is 2.01. The van der Waals surface area contributed by atoms with E-state index in [-0.39, 0.29) is 0 Å². The van der Waals surface area contributed by atoms with Gasteiger partial charge in [0.15, 0.2) is 0 Å². The molecule has 0 aromatic carbocycles. The summed E-state index contributed by atoms with van der Waals surface area (Å²) in [6.07, 6.45) is 0. The second kappa shape index (κ2) is 4.92. The smallest absolute Gasteiger partial charge is 0.328 e. The molecule has 0 fully saturated rings. The largest absolute Gasteiger partial charge is 0.480 e. The molecule has 6 heteroatoms. The Morgan fingerprint density at radius 2 is 1.93 bits per heavy atom. The highest BCUT2D eigenvalue weighted by atomic mass is 16.4. The average Bonchev–Trinajstić information content (AvgIpc) is 2.12. The van der Waals surface area contributed by atoms with Gasteiger partial charge in [0, 0.05) is 0 Å². The third-order valence-corrected chi connectivity index (χ3v) is 1.98. The second-order valence-electron chi connectivity index (χ2n) is 3.42. The summed E-state index contributed by atoms with van der Waals surface area (Å²) in [5, 5.41) is 22.2. The van der Waals surface area contributed by atoms with Gasteiger partial charge in [-0.1, -0.05) is 0 Å². The zero-order valence-corrected chi connectivity index (χ0v) is 8.50. The van der Waals surface area contributed by atoms with Gasteiger partial charge in [-0.2, -0.15) is 0 Å². The van der Waals surface area contributed by atoms with Crippen molar-refractivity contribution in [3.05, 3.63) is 0 Å². The van der Waals surface area contributed by atoms with Crippen molar-refractivity contribution in [2.24, 2.45) is 0 Å². The zero-order chi connectivity index (χ0) is 11.4. The topological polar surface area (TPSA) is 98.7 Å². The number of hydrogen-bond donors (Lipinski definition) is 4. The first-order valence-corrected chi connectivity index (χ1v) is 4.18.